The van der Waals surface area contributed by atoms with Crippen LogP contribution in [0, 0.1) is 5.82 Å². The molecule has 0 radical (unpaired) electrons. The van der Waals surface area contributed by atoms with Crippen molar-refractivity contribution in [2.24, 2.45) is 0 Å². The summed E-state index contributed by atoms with van der Waals surface area (Å²) in [4.78, 5) is 22.6. The number of nitrogens with one attached hydrogen (secondary N) is 2. The molecule has 3 rings (SSSR count). The number of anilines is 3. The molecular weight excluding hydrogens is 297 g/mol. The van der Waals surface area contributed by atoms with Gasteiger partial charge in [0.1, 0.15) is 5.82 Å². The first-order valence-electron chi connectivity index (χ1n) is 7.62. The molecule has 0 aliphatic carbocycles. The van der Waals surface area contributed by atoms with Gasteiger partial charge in [-0.2, -0.15) is 0 Å². The van der Waals surface area contributed by atoms with Crippen molar-refractivity contribution in [3.05, 3.63) is 42.5 Å². The lowest BCUT2D eigenvalue weighted by atomic mass is 10.1. The zero-order chi connectivity index (χ0) is 16.1. The average Bonchev–Trinajstić information content (AvgIpc) is 2.58. The molecule has 1 aromatic carbocycles. The lowest BCUT2D eigenvalue weighted by Crippen LogP contribution is -2.31. The number of hydrogen-bond donors (Lipinski definition) is 2. The normalized spacial score (nSPS) is 14.4. The molecule has 0 atom stereocenters. The minimum Gasteiger partial charge on any atom is -0.341 e. The molecule has 1 aromatic heterocycles. The van der Waals surface area contributed by atoms with Gasteiger partial charge in [0.15, 0.2) is 0 Å². The molecular formula is C16H18FN5O. The second-order valence-electron chi connectivity index (χ2n) is 5.38. The van der Waals surface area contributed by atoms with Crippen LogP contribution in [-0.4, -0.2) is 29.1 Å². The third kappa shape index (κ3) is 3.94. The summed E-state index contributed by atoms with van der Waals surface area (Å²) in [6.45, 7) is 1.92. The van der Waals surface area contributed by atoms with Crippen molar-refractivity contribution in [2.45, 2.75) is 19.3 Å². The number of para-hydroxylation sites is 1. The summed E-state index contributed by atoms with van der Waals surface area (Å²) >= 11 is 0. The predicted octanol–water partition coefficient (Wildman–Crippen LogP) is 3.25. The van der Waals surface area contributed by atoms with Crippen molar-refractivity contribution in [1.29, 1.82) is 0 Å². The second-order valence-corrected chi connectivity index (χ2v) is 5.38. The van der Waals surface area contributed by atoms with E-state index in [9.17, 15) is 9.18 Å². The van der Waals surface area contributed by atoms with Gasteiger partial charge in [0.2, 0.25) is 5.95 Å². The number of hydrogen-bond acceptors (Lipinski definition) is 4. The predicted molar refractivity (Wildman–Crippen MR) is 87.1 cm³/mol. The van der Waals surface area contributed by atoms with Crippen molar-refractivity contribution < 1.29 is 9.18 Å². The molecule has 0 unspecified atom stereocenters. The van der Waals surface area contributed by atoms with Crippen molar-refractivity contribution in [3.63, 3.8) is 0 Å². The second kappa shape index (κ2) is 7.04. The molecule has 0 saturated carbocycles. The van der Waals surface area contributed by atoms with E-state index in [0.29, 0.717) is 11.6 Å². The third-order valence-electron chi connectivity index (χ3n) is 3.66. The molecule has 0 spiro atoms. The maximum atomic E-state index is 13.5. The van der Waals surface area contributed by atoms with Crippen LogP contribution in [-0.2, 0) is 0 Å². The number of piperidine rings is 1. The number of halogens is 1. The lowest BCUT2D eigenvalue weighted by Gasteiger charge is -2.26. The Morgan fingerprint density at radius 3 is 2.43 bits per heavy atom. The minimum absolute atomic E-state index is 0.121. The number of carbonyl (C=O) groups excluding carboxylic acids is 1. The Bertz CT molecular complexity index is 670. The molecule has 0 bridgehead atoms. The summed E-state index contributed by atoms with van der Waals surface area (Å²) in [5.41, 5.74) is 0.579. The first-order chi connectivity index (χ1) is 11.2. The van der Waals surface area contributed by atoms with E-state index < -0.39 is 11.8 Å². The number of aromatic nitrogens is 2. The topological polar surface area (TPSA) is 70.2 Å². The molecule has 1 aliphatic heterocycles. The van der Waals surface area contributed by atoms with Crippen LogP contribution >= 0.6 is 0 Å². The van der Waals surface area contributed by atoms with E-state index >= 15 is 0 Å². The molecule has 2 heterocycles. The number of amides is 2. The van der Waals surface area contributed by atoms with Crippen molar-refractivity contribution in [3.8, 4) is 0 Å². The van der Waals surface area contributed by atoms with E-state index in [-0.39, 0.29) is 5.69 Å². The summed E-state index contributed by atoms with van der Waals surface area (Å²) in [6, 6.07) is 5.45. The fourth-order valence-electron chi connectivity index (χ4n) is 2.49. The highest BCUT2D eigenvalue weighted by molar-refractivity contribution is 5.99. The summed E-state index contributed by atoms with van der Waals surface area (Å²) < 4.78 is 13.5. The van der Waals surface area contributed by atoms with Crippen LogP contribution < -0.4 is 15.5 Å². The highest BCUT2D eigenvalue weighted by Crippen LogP contribution is 2.17. The lowest BCUT2D eigenvalue weighted by molar-refractivity contribution is 0.262. The van der Waals surface area contributed by atoms with E-state index in [4.69, 9.17) is 0 Å². The van der Waals surface area contributed by atoms with Crippen LogP contribution in [0.2, 0.25) is 0 Å². The maximum Gasteiger partial charge on any atom is 0.323 e. The van der Waals surface area contributed by atoms with Gasteiger partial charge in [-0.1, -0.05) is 12.1 Å². The van der Waals surface area contributed by atoms with Gasteiger partial charge in [0.25, 0.3) is 0 Å². The van der Waals surface area contributed by atoms with Crippen LogP contribution in [0.4, 0.5) is 26.5 Å². The van der Waals surface area contributed by atoms with E-state index in [1.807, 2.05) is 0 Å². The Balaban J connectivity index is 1.59. The van der Waals surface area contributed by atoms with Crippen molar-refractivity contribution in [1.82, 2.24) is 9.97 Å². The molecule has 23 heavy (non-hydrogen) atoms. The fraction of sp³-hybridized carbons (Fsp3) is 0.312. The van der Waals surface area contributed by atoms with Crippen LogP contribution in [0.5, 0.6) is 0 Å². The minimum atomic E-state index is -0.538. The smallest absolute Gasteiger partial charge is 0.323 e. The largest absolute Gasteiger partial charge is 0.341 e. The molecule has 1 aliphatic rings. The third-order valence-corrected chi connectivity index (χ3v) is 3.66. The Morgan fingerprint density at radius 1 is 1.04 bits per heavy atom. The van der Waals surface area contributed by atoms with Crippen LogP contribution in [0.3, 0.4) is 0 Å². The molecule has 6 nitrogen and oxygen atoms in total. The zero-order valence-corrected chi connectivity index (χ0v) is 12.6. The monoisotopic (exact) mass is 315 g/mol. The number of nitrogens with zero attached hydrogens (tertiary/aromatic N) is 3. The van der Waals surface area contributed by atoms with Gasteiger partial charge < -0.3 is 15.5 Å². The van der Waals surface area contributed by atoms with E-state index in [0.717, 1.165) is 25.9 Å². The fourth-order valence-corrected chi connectivity index (χ4v) is 2.49. The molecule has 1 saturated heterocycles. The highest BCUT2D eigenvalue weighted by Gasteiger charge is 2.13. The maximum absolute atomic E-state index is 13.5. The van der Waals surface area contributed by atoms with Gasteiger partial charge >= 0.3 is 6.03 Å². The number of carbonyl (C=O) groups is 1. The standard InChI is InChI=1S/C16H18FN5O/c17-13-6-2-3-7-14(13)21-16(23)20-12-10-18-15(19-11-12)22-8-4-1-5-9-22/h2-3,6-7,10-11H,1,4-5,8-9H2,(H2,20,21,23). The van der Waals surface area contributed by atoms with Gasteiger partial charge in [0.05, 0.1) is 23.8 Å². The number of urea groups is 1. The van der Waals surface area contributed by atoms with Gasteiger partial charge in [-0.05, 0) is 31.4 Å². The Morgan fingerprint density at radius 2 is 1.74 bits per heavy atom. The quantitative estimate of drug-likeness (QED) is 0.912. The summed E-state index contributed by atoms with van der Waals surface area (Å²) in [6.07, 6.45) is 6.64. The van der Waals surface area contributed by atoms with Gasteiger partial charge in [0, 0.05) is 13.1 Å². The number of rotatable bonds is 3. The highest BCUT2D eigenvalue weighted by atomic mass is 19.1. The zero-order valence-electron chi connectivity index (χ0n) is 12.6. The van der Waals surface area contributed by atoms with E-state index in [2.05, 4.69) is 25.5 Å². The summed E-state index contributed by atoms with van der Waals surface area (Å²) in [5, 5.41) is 5.03. The summed E-state index contributed by atoms with van der Waals surface area (Å²) in [7, 11) is 0. The molecule has 2 amide bonds. The van der Waals surface area contributed by atoms with E-state index in [1.165, 1.54) is 18.6 Å². The molecule has 2 aromatic rings. The van der Waals surface area contributed by atoms with Crippen molar-refractivity contribution >= 4 is 23.4 Å². The van der Waals surface area contributed by atoms with Crippen LogP contribution in [0.1, 0.15) is 19.3 Å². The van der Waals surface area contributed by atoms with Gasteiger partial charge in [-0.15, -0.1) is 0 Å². The Kier molecular flexibility index (Phi) is 4.65. The Labute approximate surface area is 133 Å². The molecule has 120 valence electrons. The number of benzene rings is 1. The average molecular weight is 315 g/mol. The van der Waals surface area contributed by atoms with E-state index in [1.54, 1.807) is 24.5 Å². The van der Waals surface area contributed by atoms with Crippen LogP contribution in [0.15, 0.2) is 36.7 Å². The van der Waals surface area contributed by atoms with Gasteiger partial charge in [-0.3, -0.25) is 0 Å². The summed E-state index contributed by atoms with van der Waals surface area (Å²) in [5.74, 6) is 0.184. The first-order valence-corrected chi connectivity index (χ1v) is 7.62. The molecule has 7 heteroatoms. The van der Waals surface area contributed by atoms with Gasteiger partial charge in [-0.25, -0.2) is 19.2 Å². The molecule has 2 N–H and O–H groups in total. The Hall–Kier alpha value is -2.70. The van der Waals surface area contributed by atoms with Crippen molar-refractivity contribution in [2.75, 3.05) is 28.6 Å². The SMILES string of the molecule is O=C(Nc1cnc(N2CCCCC2)nc1)Nc1ccccc1F. The molecule has 1 fully saturated rings. The first kappa shape index (κ1) is 15.2. The van der Waals surface area contributed by atoms with Crippen LogP contribution in [0.25, 0.3) is 0 Å².